The van der Waals surface area contributed by atoms with Crippen LogP contribution in [-0.2, 0) is 28.2 Å². The van der Waals surface area contributed by atoms with Gasteiger partial charge in [-0.1, -0.05) is 62.4 Å². The van der Waals surface area contributed by atoms with Crippen molar-refractivity contribution in [2.45, 2.75) is 102 Å². The monoisotopic (exact) mass is 678 g/mol. The molecule has 1 saturated heterocycles. The van der Waals surface area contributed by atoms with Crippen LogP contribution in [0.15, 0.2) is 71.8 Å². The van der Waals surface area contributed by atoms with Gasteiger partial charge < -0.3 is 34.0 Å². The number of carbonyl (C=O) groups is 3. The third-order valence-electron chi connectivity index (χ3n) is 11.8. The van der Waals surface area contributed by atoms with E-state index >= 15 is 4.79 Å². The SMILES string of the molecule is CC(=O)O[C@@]12CO[C@@H]1C[C@H](O[Si](C)(C)c1ccccc1)[C@@]1(C)C(=O)[C@H](O)C3=C(C)[C@@H](O)C[C@@](O)(C(OC(=O)c4ccccc4)C12)C3(C)C. The summed E-state index contributed by atoms with van der Waals surface area (Å²) in [5.74, 6) is -3.29. The molecular formula is C37H46O10Si. The average Bonchev–Trinajstić information content (AvgIpc) is 3.03. The van der Waals surface area contributed by atoms with Gasteiger partial charge in [-0.25, -0.2) is 4.79 Å². The van der Waals surface area contributed by atoms with Crippen LogP contribution in [0.1, 0.15) is 57.8 Å². The van der Waals surface area contributed by atoms with Crippen molar-refractivity contribution in [1.82, 2.24) is 0 Å². The van der Waals surface area contributed by atoms with E-state index in [1.165, 1.54) is 6.92 Å². The number of hydrogen-bond donors (Lipinski definition) is 3. The quantitative estimate of drug-likeness (QED) is 0.236. The van der Waals surface area contributed by atoms with Gasteiger partial charge in [0, 0.05) is 25.2 Å². The van der Waals surface area contributed by atoms with Crippen LogP contribution in [0.5, 0.6) is 0 Å². The second-order valence-corrected chi connectivity index (χ2v) is 19.0. The lowest BCUT2D eigenvalue weighted by Gasteiger charge is -2.68. The number of ketones is 1. The van der Waals surface area contributed by atoms with Gasteiger partial charge in [0.1, 0.15) is 23.9 Å². The van der Waals surface area contributed by atoms with Gasteiger partial charge in [0.05, 0.1) is 35.7 Å². The van der Waals surface area contributed by atoms with E-state index in [1.54, 1.807) is 58.0 Å². The van der Waals surface area contributed by atoms with E-state index in [0.717, 1.165) is 5.19 Å². The lowest BCUT2D eigenvalue weighted by atomic mass is 9.44. The number of benzene rings is 2. The maximum Gasteiger partial charge on any atom is 0.338 e. The average molecular weight is 679 g/mol. The number of fused-ring (bicyclic) bond motifs is 5. The predicted octanol–water partition coefficient (Wildman–Crippen LogP) is 3.22. The predicted molar refractivity (Wildman–Crippen MR) is 178 cm³/mol. The minimum atomic E-state index is -2.78. The molecule has 2 aromatic rings. The summed E-state index contributed by atoms with van der Waals surface area (Å²) < 4.78 is 25.7. The van der Waals surface area contributed by atoms with E-state index in [4.69, 9.17) is 18.6 Å². The molecule has 10 nitrogen and oxygen atoms in total. The fourth-order valence-electron chi connectivity index (χ4n) is 9.08. The van der Waals surface area contributed by atoms with Crippen molar-refractivity contribution in [3.05, 3.63) is 77.4 Å². The number of rotatable bonds is 6. The Morgan fingerprint density at radius 3 is 2.15 bits per heavy atom. The third kappa shape index (κ3) is 4.96. The number of carbonyl (C=O) groups excluding carboxylic acids is 3. The molecule has 3 fully saturated rings. The van der Waals surface area contributed by atoms with Gasteiger partial charge in [-0.15, -0.1) is 0 Å². The molecule has 2 saturated carbocycles. The first-order valence-electron chi connectivity index (χ1n) is 16.6. The first-order chi connectivity index (χ1) is 22.4. The van der Waals surface area contributed by atoms with Crippen molar-refractivity contribution in [2.24, 2.45) is 16.7 Å². The Morgan fingerprint density at radius 1 is 0.979 bits per heavy atom. The lowest BCUT2D eigenvalue weighted by molar-refractivity contribution is -0.344. The number of Topliss-reactive ketones (excluding diaryl/α,β-unsaturated/α-hetero) is 1. The molecular weight excluding hydrogens is 632 g/mol. The molecule has 9 atom stereocenters. The maximum atomic E-state index is 15.2. The molecule has 6 rings (SSSR count). The van der Waals surface area contributed by atoms with Crippen LogP contribution >= 0.6 is 0 Å². The van der Waals surface area contributed by atoms with Crippen LogP contribution in [0.25, 0.3) is 0 Å². The van der Waals surface area contributed by atoms with E-state index < -0.39 is 84.5 Å². The zero-order valence-corrected chi connectivity index (χ0v) is 29.6. The Balaban J connectivity index is 1.63. The summed E-state index contributed by atoms with van der Waals surface area (Å²) in [6, 6.07) is 18.0. The van der Waals surface area contributed by atoms with Crippen molar-refractivity contribution < 1.29 is 48.3 Å². The van der Waals surface area contributed by atoms with Crippen molar-refractivity contribution in [1.29, 1.82) is 0 Å². The Bertz CT molecular complexity index is 1640. The van der Waals surface area contributed by atoms with Crippen LogP contribution in [-0.4, -0.2) is 89.7 Å². The number of ether oxygens (including phenoxy) is 3. The molecule has 48 heavy (non-hydrogen) atoms. The molecule has 2 unspecified atom stereocenters. The second-order valence-electron chi connectivity index (χ2n) is 15.2. The molecule has 0 amide bonds. The van der Waals surface area contributed by atoms with Gasteiger partial charge in [-0.2, -0.15) is 0 Å². The first-order valence-corrected chi connectivity index (χ1v) is 19.5. The summed E-state index contributed by atoms with van der Waals surface area (Å²) in [4.78, 5) is 42.1. The van der Waals surface area contributed by atoms with Gasteiger partial charge in [-0.3, -0.25) is 9.59 Å². The molecule has 2 bridgehead atoms. The largest absolute Gasteiger partial charge is 0.455 e. The van der Waals surface area contributed by atoms with Gasteiger partial charge in [0.15, 0.2) is 11.4 Å². The Kier molecular flexibility index (Phi) is 8.45. The van der Waals surface area contributed by atoms with Crippen molar-refractivity contribution in [3.8, 4) is 0 Å². The zero-order valence-electron chi connectivity index (χ0n) is 28.6. The van der Waals surface area contributed by atoms with Crippen molar-refractivity contribution in [3.63, 3.8) is 0 Å². The summed E-state index contributed by atoms with van der Waals surface area (Å²) in [7, 11) is -2.78. The summed E-state index contributed by atoms with van der Waals surface area (Å²) in [5.41, 5.74) is -5.91. The smallest absolute Gasteiger partial charge is 0.338 e. The van der Waals surface area contributed by atoms with Crippen LogP contribution in [0.2, 0.25) is 13.1 Å². The maximum absolute atomic E-state index is 15.2. The second kappa shape index (κ2) is 11.7. The molecule has 0 radical (unpaired) electrons. The van der Waals surface area contributed by atoms with Crippen molar-refractivity contribution in [2.75, 3.05) is 6.61 Å². The normalized spacial score (nSPS) is 37.2. The van der Waals surface area contributed by atoms with Crippen LogP contribution < -0.4 is 5.19 Å². The molecule has 11 heteroatoms. The van der Waals surface area contributed by atoms with Crippen LogP contribution in [0, 0.1) is 16.7 Å². The molecule has 1 heterocycles. The number of aliphatic hydroxyl groups is 3. The molecule has 0 aromatic heterocycles. The summed E-state index contributed by atoms with van der Waals surface area (Å²) in [5, 5.41) is 37.6. The first kappa shape index (κ1) is 34.7. The molecule has 3 N–H and O–H groups in total. The lowest BCUT2D eigenvalue weighted by Crippen LogP contribution is -2.82. The molecule has 258 valence electrons. The Labute approximate surface area is 282 Å². The van der Waals surface area contributed by atoms with E-state index in [1.807, 2.05) is 43.4 Å². The Morgan fingerprint density at radius 2 is 1.58 bits per heavy atom. The minimum Gasteiger partial charge on any atom is -0.455 e. The van der Waals surface area contributed by atoms with E-state index in [9.17, 15) is 24.9 Å². The van der Waals surface area contributed by atoms with Gasteiger partial charge >= 0.3 is 11.9 Å². The molecule has 3 aliphatic carbocycles. The molecule has 0 spiro atoms. The highest BCUT2D eigenvalue weighted by molar-refractivity contribution is 6.84. The fourth-order valence-corrected chi connectivity index (χ4v) is 11.3. The zero-order chi connectivity index (χ0) is 35.0. The standard InChI is InChI=1S/C37H46O10Si/c1-21-25(39)19-37(43)32(45-33(42)23-14-10-8-11-15-23)30-35(5,31(41)29(40)28(21)34(37,3)4)26(18-27-36(30,20-44-27)46-22(2)38)47-48(6,7)24-16-12-9-13-17-24/h8-17,25-27,29-30,32,39-40,43H,18-20H2,1-7H3/t25-,26-,27+,29+,30?,32?,35+,36-,37+/m0/s1. The molecule has 4 aliphatic rings. The van der Waals surface area contributed by atoms with E-state index in [2.05, 4.69) is 0 Å². The topological polar surface area (TPSA) is 149 Å². The van der Waals surface area contributed by atoms with Crippen molar-refractivity contribution >= 4 is 31.2 Å². The molecule has 2 aromatic carbocycles. The highest BCUT2D eigenvalue weighted by Crippen LogP contribution is 2.64. The highest BCUT2D eigenvalue weighted by Gasteiger charge is 2.78. The summed E-state index contributed by atoms with van der Waals surface area (Å²) in [6.07, 6.45) is -6.35. The van der Waals surface area contributed by atoms with Gasteiger partial charge in [0.25, 0.3) is 0 Å². The Hall–Kier alpha value is -3.19. The number of esters is 2. The minimum absolute atomic E-state index is 0.132. The molecule has 1 aliphatic heterocycles. The van der Waals surface area contributed by atoms with Gasteiger partial charge in [-0.05, 0) is 55.4 Å². The fraction of sp³-hybridized carbons (Fsp3) is 0.541. The van der Waals surface area contributed by atoms with Crippen LogP contribution in [0.3, 0.4) is 0 Å². The van der Waals surface area contributed by atoms with Gasteiger partial charge in [0.2, 0.25) is 8.32 Å². The van der Waals surface area contributed by atoms with Crippen LogP contribution in [0.4, 0.5) is 0 Å². The number of hydrogen-bond acceptors (Lipinski definition) is 10. The number of aliphatic hydroxyl groups excluding tert-OH is 2. The highest BCUT2D eigenvalue weighted by atomic mass is 28.4. The van der Waals surface area contributed by atoms with E-state index in [-0.39, 0.29) is 30.6 Å². The summed E-state index contributed by atoms with van der Waals surface area (Å²) in [6.45, 7) is 11.8. The summed E-state index contributed by atoms with van der Waals surface area (Å²) >= 11 is 0. The third-order valence-corrected chi connectivity index (χ3v) is 14.4. The van der Waals surface area contributed by atoms with E-state index in [0.29, 0.717) is 5.57 Å².